The maximum absolute atomic E-state index is 6.47. The van der Waals surface area contributed by atoms with E-state index in [1.165, 1.54) is 24.0 Å². The van der Waals surface area contributed by atoms with E-state index in [0.717, 1.165) is 26.2 Å². The molecule has 1 saturated carbocycles. The SMILES string of the molecule is Cc1nn(Cc2c(Cl)cccc2C2CC2)c2cc(Br)cnc12. The summed E-state index contributed by atoms with van der Waals surface area (Å²) in [6.07, 6.45) is 4.34. The van der Waals surface area contributed by atoms with Crippen molar-refractivity contribution in [3.63, 3.8) is 0 Å². The first-order valence-electron chi connectivity index (χ1n) is 7.39. The van der Waals surface area contributed by atoms with Gasteiger partial charge in [0.15, 0.2) is 0 Å². The summed E-state index contributed by atoms with van der Waals surface area (Å²) in [7, 11) is 0. The number of hydrogen-bond donors (Lipinski definition) is 0. The van der Waals surface area contributed by atoms with E-state index in [9.17, 15) is 0 Å². The molecule has 0 unspecified atom stereocenters. The van der Waals surface area contributed by atoms with E-state index in [1.54, 1.807) is 0 Å². The predicted molar refractivity (Wildman–Crippen MR) is 92.5 cm³/mol. The van der Waals surface area contributed by atoms with Crippen molar-refractivity contribution in [2.24, 2.45) is 0 Å². The highest BCUT2D eigenvalue weighted by Crippen LogP contribution is 2.43. The third kappa shape index (κ3) is 2.44. The largest absolute Gasteiger partial charge is 0.258 e. The summed E-state index contributed by atoms with van der Waals surface area (Å²) < 4.78 is 2.97. The molecule has 0 N–H and O–H groups in total. The molecule has 3 aromatic rings. The molecule has 1 aliphatic rings. The molecule has 0 atom stereocenters. The molecule has 2 aromatic heterocycles. The fourth-order valence-corrected chi connectivity index (χ4v) is 3.54. The van der Waals surface area contributed by atoms with Crippen LogP contribution in [-0.4, -0.2) is 14.8 Å². The second-order valence-electron chi connectivity index (χ2n) is 5.85. The molecule has 3 nitrogen and oxygen atoms in total. The number of fused-ring (bicyclic) bond motifs is 1. The second-order valence-corrected chi connectivity index (χ2v) is 7.17. The monoisotopic (exact) mass is 375 g/mol. The van der Waals surface area contributed by atoms with Crippen molar-refractivity contribution in [3.05, 3.63) is 56.8 Å². The molecular formula is C17H15BrClN3. The van der Waals surface area contributed by atoms with Gasteiger partial charge in [-0.3, -0.25) is 9.67 Å². The van der Waals surface area contributed by atoms with E-state index >= 15 is 0 Å². The number of aromatic nitrogens is 3. The summed E-state index contributed by atoms with van der Waals surface area (Å²) in [6.45, 7) is 2.68. The molecule has 1 aliphatic carbocycles. The lowest BCUT2D eigenvalue weighted by atomic mass is 10.0. The van der Waals surface area contributed by atoms with Gasteiger partial charge in [0, 0.05) is 15.7 Å². The number of rotatable bonds is 3. The topological polar surface area (TPSA) is 30.7 Å². The van der Waals surface area contributed by atoms with Crippen molar-refractivity contribution >= 4 is 38.6 Å². The van der Waals surface area contributed by atoms with Crippen LogP contribution in [0.1, 0.15) is 35.6 Å². The van der Waals surface area contributed by atoms with Crippen molar-refractivity contribution in [1.82, 2.24) is 14.8 Å². The third-order valence-corrected chi connectivity index (χ3v) is 4.99. The average molecular weight is 377 g/mol. The van der Waals surface area contributed by atoms with Crippen LogP contribution in [0.4, 0.5) is 0 Å². The molecule has 5 heteroatoms. The van der Waals surface area contributed by atoms with Gasteiger partial charge in [-0.05, 0) is 64.9 Å². The molecule has 0 bridgehead atoms. The first-order chi connectivity index (χ1) is 10.6. The van der Waals surface area contributed by atoms with Crippen LogP contribution in [0.5, 0.6) is 0 Å². The summed E-state index contributed by atoms with van der Waals surface area (Å²) in [5.74, 6) is 0.668. The van der Waals surface area contributed by atoms with Gasteiger partial charge in [0.2, 0.25) is 0 Å². The van der Waals surface area contributed by atoms with Crippen LogP contribution >= 0.6 is 27.5 Å². The van der Waals surface area contributed by atoms with Gasteiger partial charge in [-0.15, -0.1) is 0 Å². The van der Waals surface area contributed by atoms with Gasteiger partial charge in [0.05, 0.1) is 17.8 Å². The first-order valence-corrected chi connectivity index (χ1v) is 8.56. The molecule has 0 aliphatic heterocycles. The van der Waals surface area contributed by atoms with Crippen LogP contribution in [-0.2, 0) is 6.54 Å². The Morgan fingerprint density at radius 2 is 2.18 bits per heavy atom. The molecule has 22 heavy (non-hydrogen) atoms. The Bertz CT molecular complexity index is 868. The highest BCUT2D eigenvalue weighted by atomic mass is 79.9. The van der Waals surface area contributed by atoms with Crippen molar-refractivity contribution in [1.29, 1.82) is 0 Å². The maximum atomic E-state index is 6.47. The number of aryl methyl sites for hydroxylation is 1. The number of hydrogen-bond acceptors (Lipinski definition) is 2. The number of pyridine rings is 1. The minimum atomic E-state index is 0.668. The van der Waals surface area contributed by atoms with E-state index in [4.69, 9.17) is 11.6 Å². The summed E-state index contributed by atoms with van der Waals surface area (Å²) >= 11 is 9.97. The van der Waals surface area contributed by atoms with Gasteiger partial charge >= 0.3 is 0 Å². The second kappa shape index (κ2) is 5.36. The number of nitrogens with zero attached hydrogens (tertiary/aromatic N) is 3. The van der Waals surface area contributed by atoms with Crippen molar-refractivity contribution < 1.29 is 0 Å². The summed E-state index contributed by atoms with van der Waals surface area (Å²) in [6, 6.07) is 8.28. The smallest absolute Gasteiger partial charge is 0.111 e. The van der Waals surface area contributed by atoms with Crippen LogP contribution in [0.15, 0.2) is 34.9 Å². The average Bonchev–Trinajstić information content (AvgIpc) is 3.28. The van der Waals surface area contributed by atoms with Gasteiger partial charge in [0.25, 0.3) is 0 Å². The quantitative estimate of drug-likeness (QED) is 0.638. The zero-order valence-corrected chi connectivity index (χ0v) is 14.5. The van der Waals surface area contributed by atoms with Crippen molar-refractivity contribution in [2.75, 3.05) is 0 Å². The highest BCUT2D eigenvalue weighted by Gasteiger charge is 2.27. The molecule has 1 fully saturated rings. The molecule has 2 heterocycles. The zero-order valence-electron chi connectivity index (χ0n) is 12.2. The minimum Gasteiger partial charge on any atom is -0.258 e. The standard InChI is InChI=1S/C17H15BrClN3/c1-10-17-16(7-12(18)8-20-17)22(21-10)9-14-13(11-5-6-11)3-2-4-15(14)19/h2-4,7-8,11H,5-6,9H2,1H3. The maximum Gasteiger partial charge on any atom is 0.111 e. The molecule has 0 spiro atoms. The Labute approximate surface area is 142 Å². The molecule has 112 valence electrons. The normalized spacial score (nSPS) is 14.7. The Morgan fingerprint density at radius 1 is 1.36 bits per heavy atom. The van der Waals surface area contributed by atoms with E-state index < -0.39 is 0 Å². The third-order valence-electron chi connectivity index (χ3n) is 4.21. The van der Waals surface area contributed by atoms with Crippen LogP contribution in [0.3, 0.4) is 0 Å². The minimum absolute atomic E-state index is 0.668. The van der Waals surface area contributed by atoms with Gasteiger partial charge in [-0.2, -0.15) is 5.10 Å². The lowest BCUT2D eigenvalue weighted by Gasteiger charge is -2.12. The summed E-state index contributed by atoms with van der Waals surface area (Å²) in [4.78, 5) is 4.47. The first kappa shape index (κ1) is 14.2. The number of halogens is 2. The van der Waals surface area contributed by atoms with Gasteiger partial charge in [-0.1, -0.05) is 23.7 Å². The lowest BCUT2D eigenvalue weighted by Crippen LogP contribution is -2.05. The van der Waals surface area contributed by atoms with E-state index in [-0.39, 0.29) is 0 Å². The molecule has 1 aromatic carbocycles. The summed E-state index contributed by atoms with van der Waals surface area (Å²) in [5.41, 5.74) is 5.49. The lowest BCUT2D eigenvalue weighted by molar-refractivity contribution is 0.697. The van der Waals surface area contributed by atoms with Crippen molar-refractivity contribution in [3.8, 4) is 0 Å². The fraction of sp³-hybridized carbons (Fsp3) is 0.294. The Hall–Kier alpha value is -1.39. The summed E-state index contributed by atoms with van der Waals surface area (Å²) in [5, 5.41) is 5.49. The molecule has 0 amide bonds. The zero-order chi connectivity index (χ0) is 15.3. The fourth-order valence-electron chi connectivity index (χ4n) is 2.98. The highest BCUT2D eigenvalue weighted by molar-refractivity contribution is 9.10. The molecule has 0 radical (unpaired) electrons. The van der Waals surface area contributed by atoms with Crippen LogP contribution in [0.25, 0.3) is 11.0 Å². The number of benzene rings is 1. The van der Waals surface area contributed by atoms with Gasteiger partial charge in [-0.25, -0.2) is 0 Å². The van der Waals surface area contributed by atoms with E-state index in [1.807, 2.05) is 29.9 Å². The van der Waals surface area contributed by atoms with Crippen LogP contribution < -0.4 is 0 Å². The van der Waals surface area contributed by atoms with Gasteiger partial charge < -0.3 is 0 Å². The van der Waals surface area contributed by atoms with Crippen molar-refractivity contribution in [2.45, 2.75) is 32.2 Å². The predicted octanol–water partition coefficient (Wildman–Crippen LogP) is 5.08. The van der Waals surface area contributed by atoms with Crippen LogP contribution in [0, 0.1) is 6.92 Å². The van der Waals surface area contributed by atoms with E-state index in [0.29, 0.717) is 12.5 Å². The molecule has 4 rings (SSSR count). The molecule has 0 saturated heterocycles. The van der Waals surface area contributed by atoms with Crippen LogP contribution in [0.2, 0.25) is 5.02 Å². The Balaban J connectivity index is 1.83. The van der Waals surface area contributed by atoms with Gasteiger partial charge in [0.1, 0.15) is 5.52 Å². The van der Waals surface area contributed by atoms with E-state index in [2.05, 4.69) is 38.1 Å². The Morgan fingerprint density at radius 3 is 2.95 bits per heavy atom. The molecular weight excluding hydrogens is 362 g/mol. The Kier molecular flexibility index (Phi) is 3.46.